The number of methoxy groups -OCH3 is 1. The van der Waals surface area contributed by atoms with E-state index in [-0.39, 0.29) is 16.8 Å². The molecule has 2 aromatic rings. The first-order valence-electron chi connectivity index (χ1n) is 10.00. The molecule has 0 aliphatic carbocycles. The normalized spacial score (nSPS) is 18.2. The van der Waals surface area contributed by atoms with E-state index in [9.17, 15) is 13.2 Å². The molecule has 3 rings (SSSR count). The van der Waals surface area contributed by atoms with E-state index >= 15 is 0 Å². The van der Waals surface area contributed by atoms with Crippen LogP contribution < -0.4 is 10.1 Å². The highest BCUT2D eigenvalue weighted by molar-refractivity contribution is 7.89. The molecule has 0 bridgehead atoms. The lowest BCUT2D eigenvalue weighted by atomic mass is 10.0. The van der Waals surface area contributed by atoms with E-state index in [1.54, 1.807) is 19.2 Å². The van der Waals surface area contributed by atoms with Gasteiger partial charge in [-0.15, -0.1) is 0 Å². The fourth-order valence-electron chi connectivity index (χ4n) is 3.84. The van der Waals surface area contributed by atoms with Crippen molar-refractivity contribution in [3.05, 3.63) is 58.6 Å². The predicted octanol–water partition coefficient (Wildman–Crippen LogP) is 4.08. The standard InChI is InChI=1S/C22H27ClN2O4S/c1-4-19(16-7-12-21(29-3)15(2)14-16)24-22(26)20-6-5-13-25(20)30(27,28)18-10-8-17(23)9-11-18/h7-12,14,19-20H,4-6,13H2,1-3H3,(H,24,26)/t19-,20-/m0/s1. The Labute approximate surface area is 183 Å². The van der Waals surface area contributed by atoms with Gasteiger partial charge in [0.15, 0.2) is 0 Å². The van der Waals surface area contributed by atoms with Gasteiger partial charge in [-0.2, -0.15) is 4.31 Å². The number of nitrogens with zero attached hydrogens (tertiary/aromatic N) is 1. The molecule has 1 heterocycles. The zero-order valence-electron chi connectivity index (χ0n) is 17.4. The van der Waals surface area contributed by atoms with Crippen LogP contribution in [0.15, 0.2) is 47.4 Å². The molecule has 6 nitrogen and oxygen atoms in total. The maximum absolute atomic E-state index is 13.1. The minimum Gasteiger partial charge on any atom is -0.496 e. The summed E-state index contributed by atoms with van der Waals surface area (Å²) in [4.78, 5) is 13.2. The van der Waals surface area contributed by atoms with Crippen LogP contribution in [0.2, 0.25) is 5.02 Å². The minimum atomic E-state index is -3.78. The molecule has 0 aromatic heterocycles. The van der Waals surface area contributed by atoms with Crippen LogP contribution in [0.3, 0.4) is 0 Å². The molecule has 1 fully saturated rings. The van der Waals surface area contributed by atoms with E-state index in [1.807, 2.05) is 32.0 Å². The zero-order valence-corrected chi connectivity index (χ0v) is 19.0. The highest BCUT2D eigenvalue weighted by Crippen LogP contribution is 2.29. The van der Waals surface area contributed by atoms with Crippen LogP contribution in [-0.2, 0) is 14.8 Å². The fourth-order valence-corrected chi connectivity index (χ4v) is 5.62. The average molecular weight is 451 g/mol. The molecule has 0 spiro atoms. The summed E-state index contributed by atoms with van der Waals surface area (Å²) in [6, 6.07) is 10.9. The number of carbonyl (C=O) groups excluding carboxylic acids is 1. The van der Waals surface area contributed by atoms with Crippen LogP contribution in [0, 0.1) is 6.92 Å². The van der Waals surface area contributed by atoms with Gasteiger partial charge in [-0.3, -0.25) is 4.79 Å². The first kappa shape index (κ1) is 22.6. The molecule has 1 saturated heterocycles. The molecule has 8 heteroatoms. The molecule has 162 valence electrons. The van der Waals surface area contributed by atoms with Gasteiger partial charge in [-0.1, -0.05) is 30.7 Å². The zero-order chi connectivity index (χ0) is 21.9. The number of nitrogens with one attached hydrogen (secondary N) is 1. The van der Waals surface area contributed by atoms with E-state index in [0.717, 1.165) is 16.9 Å². The van der Waals surface area contributed by atoms with Gasteiger partial charge >= 0.3 is 0 Å². The van der Waals surface area contributed by atoms with E-state index in [4.69, 9.17) is 16.3 Å². The van der Waals surface area contributed by atoms with Gasteiger partial charge in [-0.25, -0.2) is 8.42 Å². The predicted molar refractivity (Wildman–Crippen MR) is 117 cm³/mol. The highest BCUT2D eigenvalue weighted by Gasteiger charge is 2.39. The van der Waals surface area contributed by atoms with Gasteiger partial charge in [0.25, 0.3) is 0 Å². The number of ether oxygens (including phenoxy) is 1. The van der Waals surface area contributed by atoms with E-state index in [2.05, 4.69) is 5.32 Å². The Bertz CT molecular complexity index is 1010. The third-order valence-corrected chi connectivity index (χ3v) is 7.65. The maximum atomic E-state index is 13.1. The molecule has 2 atom stereocenters. The highest BCUT2D eigenvalue weighted by atomic mass is 35.5. The summed E-state index contributed by atoms with van der Waals surface area (Å²) in [5, 5.41) is 3.51. The summed E-state index contributed by atoms with van der Waals surface area (Å²) < 4.78 is 32.8. The maximum Gasteiger partial charge on any atom is 0.243 e. The summed E-state index contributed by atoms with van der Waals surface area (Å²) in [6.45, 7) is 4.26. The van der Waals surface area contributed by atoms with Crippen LogP contribution in [0.25, 0.3) is 0 Å². The lowest BCUT2D eigenvalue weighted by Crippen LogP contribution is -2.46. The molecule has 0 unspecified atom stereocenters. The lowest BCUT2D eigenvalue weighted by Gasteiger charge is -2.26. The second-order valence-corrected chi connectivity index (χ2v) is 9.75. The average Bonchev–Trinajstić information content (AvgIpc) is 3.23. The molecule has 1 aliphatic rings. The van der Waals surface area contributed by atoms with Crippen LogP contribution in [-0.4, -0.2) is 38.3 Å². The van der Waals surface area contributed by atoms with Crippen molar-refractivity contribution in [2.24, 2.45) is 0 Å². The lowest BCUT2D eigenvalue weighted by molar-refractivity contribution is -0.125. The third-order valence-electron chi connectivity index (χ3n) is 5.47. The number of sulfonamides is 1. The van der Waals surface area contributed by atoms with E-state index < -0.39 is 16.1 Å². The largest absolute Gasteiger partial charge is 0.496 e. The quantitative estimate of drug-likeness (QED) is 0.689. The summed E-state index contributed by atoms with van der Waals surface area (Å²) in [5.41, 5.74) is 1.95. The molecule has 30 heavy (non-hydrogen) atoms. The Hall–Kier alpha value is -2.09. The molecular formula is C22H27ClN2O4S. The molecule has 1 aliphatic heterocycles. The Kier molecular flexibility index (Phi) is 7.06. The minimum absolute atomic E-state index is 0.143. The van der Waals surface area contributed by atoms with Crippen molar-refractivity contribution in [1.82, 2.24) is 9.62 Å². The van der Waals surface area contributed by atoms with E-state index in [0.29, 0.717) is 30.8 Å². The van der Waals surface area contributed by atoms with Crippen LogP contribution in [0.1, 0.15) is 43.4 Å². The number of hydrogen-bond acceptors (Lipinski definition) is 4. The number of benzene rings is 2. The molecule has 0 radical (unpaired) electrons. The summed E-state index contributed by atoms with van der Waals surface area (Å²) in [7, 11) is -2.15. The molecule has 0 saturated carbocycles. The van der Waals surface area contributed by atoms with E-state index in [1.165, 1.54) is 16.4 Å². The molecule has 1 N–H and O–H groups in total. The number of carbonyl (C=O) groups is 1. The Morgan fingerprint density at radius 1 is 1.27 bits per heavy atom. The first-order valence-corrected chi connectivity index (χ1v) is 11.8. The second kappa shape index (κ2) is 9.37. The number of aryl methyl sites for hydroxylation is 1. The molecule has 2 aromatic carbocycles. The second-order valence-electron chi connectivity index (χ2n) is 7.43. The number of amides is 1. The monoisotopic (exact) mass is 450 g/mol. The van der Waals surface area contributed by atoms with Crippen molar-refractivity contribution < 1.29 is 17.9 Å². The van der Waals surface area contributed by atoms with Crippen molar-refractivity contribution in [1.29, 1.82) is 0 Å². The van der Waals surface area contributed by atoms with Crippen LogP contribution >= 0.6 is 11.6 Å². The van der Waals surface area contributed by atoms with Crippen molar-refractivity contribution in [3.63, 3.8) is 0 Å². The van der Waals surface area contributed by atoms with Gasteiger partial charge < -0.3 is 10.1 Å². The van der Waals surface area contributed by atoms with Gasteiger partial charge in [-0.05, 0) is 67.6 Å². The summed E-state index contributed by atoms with van der Waals surface area (Å²) in [5.74, 6) is 0.515. The molecular weight excluding hydrogens is 424 g/mol. The first-order chi connectivity index (χ1) is 14.3. The van der Waals surface area contributed by atoms with Gasteiger partial charge in [0.05, 0.1) is 18.0 Å². The molecule has 1 amide bonds. The van der Waals surface area contributed by atoms with Crippen molar-refractivity contribution >= 4 is 27.5 Å². The summed E-state index contributed by atoms with van der Waals surface area (Å²) >= 11 is 5.88. The smallest absolute Gasteiger partial charge is 0.243 e. The Morgan fingerprint density at radius 2 is 1.97 bits per heavy atom. The third kappa shape index (κ3) is 4.63. The number of rotatable bonds is 7. The van der Waals surface area contributed by atoms with Crippen molar-refractivity contribution in [2.75, 3.05) is 13.7 Å². The van der Waals surface area contributed by atoms with Crippen molar-refractivity contribution in [2.45, 2.75) is 50.1 Å². The number of halogens is 1. The SMILES string of the molecule is CC[C@H](NC(=O)[C@@H]1CCCN1S(=O)(=O)c1ccc(Cl)cc1)c1ccc(OC)c(C)c1. The topological polar surface area (TPSA) is 75.7 Å². The van der Waals surface area contributed by atoms with Gasteiger partial charge in [0, 0.05) is 11.6 Å². The van der Waals surface area contributed by atoms with Gasteiger partial charge in [0.2, 0.25) is 15.9 Å². The van der Waals surface area contributed by atoms with Crippen LogP contribution in [0.4, 0.5) is 0 Å². The number of hydrogen-bond donors (Lipinski definition) is 1. The Morgan fingerprint density at radius 3 is 2.57 bits per heavy atom. The van der Waals surface area contributed by atoms with Crippen molar-refractivity contribution in [3.8, 4) is 5.75 Å². The fraction of sp³-hybridized carbons (Fsp3) is 0.409. The Balaban J connectivity index is 1.79. The summed E-state index contributed by atoms with van der Waals surface area (Å²) in [6.07, 6.45) is 1.83. The van der Waals surface area contributed by atoms with Gasteiger partial charge in [0.1, 0.15) is 11.8 Å². The van der Waals surface area contributed by atoms with Crippen LogP contribution in [0.5, 0.6) is 5.75 Å².